The molecule has 0 atom stereocenters. The van der Waals surface area contributed by atoms with E-state index in [0.717, 1.165) is 11.3 Å². The lowest BCUT2D eigenvalue weighted by Gasteiger charge is -2.13. The van der Waals surface area contributed by atoms with Crippen molar-refractivity contribution in [2.24, 2.45) is 0 Å². The van der Waals surface area contributed by atoms with Gasteiger partial charge in [0.25, 0.3) is 10.0 Å². The SMILES string of the molecule is Cc1ccc(C)c(S(=O)(=O)Nc2ccc(Nc3cc(Nc4ccccn4)nc(C)n3)cc2)c1. The first kappa shape index (κ1) is 22.2. The largest absolute Gasteiger partial charge is 0.340 e. The van der Waals surface area contributed by atoms with Crippen molar-refractivity contribution in [2.45, 2.75) is 25.7 Å². The normalized spacial score (nSPS) is 11.1. The summed E-state index contributed by atoms with van der Waals surface area (Å²) in [4.78, 5) is 13.3. The number of hydrogen-bond acceptors (Lipinski definition) is 7. The van der Waals surface area contributed by atoms with Crippen LogP contribution in [0.25, 0.3) is 0 Å². The Hall–Kier alpha value is -3.98. The van der Waals surface area contributed by atoms with E-state index in [1.165, 1.54) is 0 Å². The van der Waals surface area contributed by atoms with Gasteiger partial charge in [0.15, 0.2) is 0 Å². The molecular weight excluding hydrogens is 436 g/mol. The third kappa shape index (κ3) is 5.64. The summed E-state index contributed by atoms with van der Waals surface area (Å²) in [5, 5.41) is 6.37. The van der Waals surface area contributed by atoms with E-state index in [9.17, 15) is 8.42 Å². The van der Waals surface area contributed by atoms with Gasteiger partial charge < -0.3 is 10.6 Å². The predicted molar refractivity (Wildman–Crippen MR) is 131 cm³/mol. The Kier molecular flexibility index (Phi) is 6.23. The summed E-state index contributed by atoms with van der Waals surface area (Å²) >= 11 is 0. The molecule has 2 aromatic heterocycles. The highest BCUT2D eigenvalue weighted by molar-refractivity contribution is 7.92. The molecule has 0 radical (unpaired) electrons. The summed E-state index contributed by atoms with van der Waals surface area (Å²) in [7, 11) is -3.68. The highest BCUT2D eigenvalue weighted by Gasteiger charge is 2.17. The van der Waals surface area contributed by atoms with E-state index in [2.05, 4.69) is 30.3 Å². The van der Waals surface area contributed by atoms with Crippen molar-refractivity contribution in [1.82, 2.24) is 15.0 Å². The number of aromatic nitrogens is 3. The van der Waals surface area contributed by atoms with E-state index in [1.807, 2.05) is 31.2 Å². The van der Waals surface area contributed by atoms with Gasteiger partial charge in [0, 0.05) is 23.6 Å². The summed E-state index contributed by atoms with van der Waals surface area (Å²) < 4.78 is 28.3. The van der Waals surface area contributed by atoms with Crippen molar-refractivity contribution < 1.29 is 8.42 Å². The first-order chi connectivity index (χ1) is 15.8. The minimum absolute atomic E-state index is 0.272. The Labute approximate surface area is 193 Å². The fourth-order valence-corrected chi connectivity index (χ4v) is 4.63. The minimum Gasteiger partial charge on any atom is -0.340 e. The number of nitrogens with one attached hydrogen (secondary N) is 3. The number of pyridine rings is 1. The summed E-state index contributed by atoms with van der Waals surface area (Å²) in [6, 6.07) is 19.7. The predicted octanol–water partition coefficient (Wildman–Crippen LogP) is 5.08. The van der Waals surface area contributed by atoms with Gasteiger partial charge in [-0.2, -0.15) is 0 Å². The third-order valence-electron chi connectivity index (χ3n) is 4.80. The average Bonchev–Trinajstić information content (AvgIpc) is 2.77. The van der Waals surface area contributed by atoms with Gasteiger partial charge in [-0.15, -0.1) is 0 Å². The van der Waals surface area contributed by atoms with E-state index in [0.29, 0.717) is 34.5 Å². The zero-order valence-electron chi connectivity index (χ0n) is 18.5. The number of aryl methyl sites for hydroxylation is 3. The summed E-state index contributed by atoms with van der Waals surface area (Å²) in [6.07, 6.45) is 1.70. The Bertz CT molecular complexity index is 1370. The smallest absolute Gasteiger partial charge is 0.262 e. The number of rotatable bonds is 7. The lowest BCUT2D eigenvalue weighted by Crippen LogP contribution is -2.14. The Morgan fingerprint density at radius 2 is 1.42 bits per heavy atom. The van der Waals surface area contributed by atoms with Gasteiger partial charge in [-0.05, 0) is 74.4 Å². The van der Waals surface area contributed by atoms with Gasteiger partial charge in [-0.25, -0.2) is 23.4 Å². The maximum Gasteiger partial charge on any atom is 0.262 e. The Balaban J connectivity index is 1.48. The molecule has 168 valence electrons. The molecule has 8 nitrogen and oxygen atoms in total. The van der Waals surface area contributed by atoms with Crippen molar-refractivity contribution in [3.8, 4) is 0 Å². The van der Waals surface area contributed by atoms with E-state index < -0.39 is 10.0 Å². The molecule has 33 heavy (non-hydrogen) atoms. The summed E-state index contributed by atoms with van der Waals surface area (Å²) in [5.41, 5.74) is 2.81. The molecule has 9 heteroatoms. The van der Waals surface area contributed by atoms with Gasteiger partial charge in [-0.1, -0.05) is 18.2 Å². The van der Waals surface area contributed by atoms with Crippen LogP contribution in [0.4, 0.5) is 28.8 Å². The fourth-order valence-electron chi connectivity index (χ4n) is 3.24. The standard InChI is InChI=1S/C24H24N6O2S/c1-16-7-8-17(2)21(14-16)33(31,32)30-20-11-9-19(10-12-20)28-23-15-24(27-18(3)26-23)29-22-6-4-5-13-25-22/h4-15,30H,1-3H3,(H2,25,26,27,28,29). The number of sulfonamides is 1. The zero-order valence-corrected chi connectivity index (χ0v) is 19.3. The van der Waals surface area contributed by atoms with Crippen LogP contribution in [0.1, 0.15) is 17.0 Å². The van der Waals surface area contributed by atoms with Crippen LogP contribution in [0.3, 0.4) is 0 Å². The minimum atomic E-state index is -3.68. The van der Waals surface area contributed by atoms with Crippen molar-refractivity contribution >= 4 is 38.9 Å². The highest BCUT2D eigenvalue weighted by atomic mass is 32.2. The van der Waals surface area contributed by atoms with Crippen molar-refractivity contribution in [1.29, 1.82) is 0 Å². The molecule has 0 unspecified atom stereocenters. The first-order valence-electron chi connectivity index (χ1n) is 10.3. The molecule has 0 spiro atoms. The molecule has 0 fully saturated rings. The molecule has 2 aromatic carbocycles. The van der Waals surface area contributed by atoms with Crippen LogP contribution in [-0.2, 0) is 10.0 Å². The van der Waals surface area contributed by atoms with E-state index in [-0.39, 0.29) is 4.90 Å². The second-order valence-electron chi connectivity index (χ2n) is 7.60. The van der Waals surface area contributed by atoms with Crippen LogP contribution < -0.4 is 15.4 Å². The van der Waals surface area contributed by atoms with Crippen molar-refractivity contribution in [3.63, 3.8) is 0 Å². The second-order valence-corrected chi connectivity index (χ2v) is 9.25. The molecule has 4 aromatic rings. The van der Waals surface area contributed by atoms with E-state index >= 15 is 0 Å². The summed E-state index contributed by atoms with van der Waals surface area (Å²) in [5.74, 6) is 2.49. The number of anilines is 5. The van der Waals surface area contributed by atoms with Crippen LogP contribution in [0.15, 0.2) is 77.8 Å². The van der Waals surface area contributed by atoms with Gasteiger partial charge >= 0.3 is 0 Å². The Morgan fingerprint density at radius 1 is 0.727 bits per heavy atom. The van der Waals surface area contributed by atoms with Crippen LogP contribution in [0, 0.1) is 20.8 Å². The molecule has 2 heterocycles. The van der Waals surface area contributed by atoms with Crippen LogP contribution in [0.5, 0.6) is 0 Å². The van der Waals surface area contributed by atoms with E-state index in [1.54, 1.807) is 62.5 Å². The Morgan fingerprint density at radius 3 is 2.12 bits per heavy atom. The van der Waals surface area contributed by atoms with Crippen LogP contribution >= 0.6 is 0 Å². The monoisotopic (exact) mass is 460 g/mol. The topological polar surface area (TPSA) is 109 Å². The molecule has 0 aliphatic heterocycles. The second kappa shape index (κ2) is 9.25. The fraction of sp³-hybridized carbons (Fsp3) is 0.125. The molecule has 0 aliphatic rings. The molecule has 0 bridgehead atoms. The molecule has 0 saturated carbocycles. The van der Waals surface area contributed by atoms with Crippen molar-refractivity contribution in [3.05, 3.63) is 89.9 Å². The number of nitrogens with zero attached hydrogens (tertiary/aromatic N) is 3. The number of benzene rings is 2. The molecular formula is C24H24N6O2S. The van der Waals surface area contributed by atoms with Gasteiger partial charge in [-0.3, -0.25) is 4.72 Å². The van der Waals surface area contributed by atoms with Gasteiger partial charge in [0.2, 0.25) is 0 Å². The molecule has 0 saturated heterocycles. The van der Waals surface area contributed by atoms with Crippen molar-refractivity contribution in [2.75, 3.05) is 15.4 Å². The summed E-state index contributed by atoms with van der Waals surface area (Å²) in [6.45, 7) is 5.45. The lowest BCUT2D eigenvalue weighted by molar-refractivity contribution is 0.600. The van der Waals surface area contributed by atoms with Gasteiger partial charge in [0.1, 0.15) is 23.3 Å². The molecule has 4 rings (SSSR count). The quantitative estimate of drug-likeness (QED) is 0.353. The molecule has 3 N–H and O–H groups in total. The van der Waals surface area contributed by atoms with Gasteiger partial charge in [0.05, 0.1) is 4.90 Å². The zero-order chi connectivity index (χ0) is 23.4. The lowest BCUT2D eigenvalue weighted by atomic mass is 10.2. The maximum atomic E-state index is 12.8. The number of hydrogen-bond donors (Lipinski definition) is 3. The highest BCUT2D eigenvalue weighted by Crippen LogP contribution is 2.24. The van der Waals surface area contributed by atoms with Crippen LogP contribution in [-0.4, -0.2) is 23.4 Å². The first-order valence-corrected chi connectivity index (χ1v) is 11.8. The maximum absolute atomic E-state index is 12.8. The molecule has 0 amide bonds. The molecule has 0 aliphatic carbocycles. The van der Waals surface area contributed by atoms with E-state index in [4.69, 9.17) is 0 Å². The van der Waals surface area contributed by atoms with Crippen LogP contribution in [0.2, 0.25) is 0 Å². The average molecular weight is 461 g/mol. The third-order valence-corrected chi connectivity index (χ3v) is 6.32.